The molecule has 0 radical (unpaired) electrons. The van der Waals surface area contributed by atoms with Gasteiger partial charge in [0.2, 0.25) is 5.91 Å². The molecule has 1 unspecified atom stereocenters. The van der Waals surface area contributed by atoms with Crippen molar-refractivity contribution in [3.05, 3.63) is 70.5 Å². The van der Waals surface area contributed by atoms with Gasteiger partial charge < -0.3 is 10.2 Å². The number of nitrogens with zero attached hydrogens (tertiary/aromatic N) is 3. The Morgan fingerprint density at radius 3 is 2.53 bits per heavy atom. The van der Waals surface area contributed by atoms with Gasteiger partial charge in [0.25, 0.3) is 0 Å². The van der Waals surface area contributed by atoms with E-state index in [0.717, 1.165) is 24.9 Å². The largest absolute Gasteiger partial charge is 0.354 e. The number of piperidine rings is 1. The van der Waals surface area contributed by atoms with Gasteiger partial charge in [-0.2, -0.15) is 0 Å². The molecule has 154 valence electrons. The number of anilines is 2. The van der Waals surface area contributed by atoms with Crippen LogP contribution in [-0.4, -0.2) is 29.2 Å². The summed E-state index contributed by atoms with van der Waals surface area (Å²) < 4.78 is 13.1. The second kappa shape index (κ2) is 8.98. The van der Waals surface area contributed by atoms with Crippen molar-refractivity contribution in [2.24, 2.45) is 5.92 Å². The number of rotatable bonds is 4. The van der Waals surface area contributed by atoms with Crippen molar-refractivity contribution in [1.82, 2.24) is 10.2 Å². The molecule has 2 heterocycles. The van der Waals surface area contributed by atoms with Crippen LogP contribution in [0.15, 0.2) is 54.6 Å². The van der Waals surface area contributed by atoms with Gasteiger partial charge in [-0.1, -0.05) is 23.2 Å². The molecule has 1 N–H and O–H groups in total. The topological polar surface area (TPSA) is 58.1 Å². The molecule has 4 rings (SSSR count). The van der Waals surface area contributed by atoms with Gasteiger partial charge in [0, 0.05) is 24.3 Å². The first-order valence-electron chi connectivity index (χ1n) is 9.60. The second-order valence-electron chi connectivity index (χ2n) is 7.19. The molecule has 1 amide bonds. The number of amides is 1. The van der Waals surface area contributed by atoms with Gasteiger partial charge in [0.1, 0.15) is 5.82 Å². The number of halogens is 3. The molecule has 3 aromatic rings. The Morgan fingerprint density at radius 2 is 1.83 bits per heavy atom. The van der Waals surface area contributed by atoms with E-state index in [2.05, 4.69) is 20.4 Å². The van der Waals surface area contributed by atoms with Crippen LogP contribution in [0.1, 0.15) is 12.8 Å². The lowest BCUT2D eigenvalue weighted by Gasteiger charge is -2.32. The summed E-state index contributed by atoms with van der Waals surface area (Å²) in [4.78, 5) is 14.8. The van der Waals surface area contributed by atoms with Crippen LogP contribution in [0.4, 0.5) is 15.9 Å². The zero-order chi connectivity index (χ0) is 21.1. The summed E-state index contributed by atoms with van der Waals surface area (Å²) in [5.74, 6) is 0.190. The fraction of sp³-hybridized carbons (Fsp3) is 0.227. The van der Waals surface area contributed by atoms with E-state index in [0.29, 0.717) is 33.8 Å². The van der Waals surface area contributed by atoms with E-state index >= 15 is 0 Å². The third-order valence-corrected chi connectivity index (χ3v) is 5.83. The van der Waals surface area contributed by atoms with E-state index < -0.39 is 0 Å². The Hall–Kier alpha value is -2.70. The predicted octanol–water partition coefficient (Wildman–Crippen LogP) is 5.44. The summed E-state index contributed by atoms with van der Waals surface area (Å²) in [6, 6.07) is 14.9. The molecule has 0 saturated carbocycles. The number of aromatic nitrogens is 2. The molecule has 30 heavy (non-hydrogen) atoms. The highest BCUT2D eigenvalue weighted by Crippen LogP contribution is 2.27. The SMILES string of the molecule is O=C(Nc1ccc(Cl)c(Cl)c1)C1CCCN(c2ccc(-c3ccc(F)cc3)nn2)C1. The number of hydrogen-bond acceptors (Lipinski definition) is 4. The standard InChI is InChI=1S/C22H19Cl2FN4O/c23-18-8-7-17(12-19(18)24)26-22(30)15-2-1-11-29(13-15)21-10-9-20(27-28-21)14-3-5-16(25)6-4-14/h3-10,12,15H,1-2,11,13H2,(H,26,30). The van der Waals surface area contributed by atoms with Crippen molar-refractivity contribution in [3.8, 4) is 11.3 Å². The maximum atomic E-state index is 13.1. The summed E-state index contributed by atoms with van der Waals surface area (Å²) in [5, 5.41) is 12.3. The van der Waals surface area contributed by atoms with Gasteiger partial charge in [0.05, 0.1) is 21.7 Å². The van der Waals surface area contributed by atoms with Crippen molar-refractivity contribution in [2.45, 2.75) is 12.8 Å². The van der Waals surface area contributed by atoms with Gasteiger partial charge in [-0.15, -0.1) is 10.2 Å². The predicted molar refractivity (Wildman–Crippen MR) is 117 cm³/mol. The average Bonchev–Trinajstić information content (AvgIpc) is 2.77. The van der Waals surface area contributed by atoms with E-state index in [9.17, 15) is 9.18 Å². The van der Waals surface area contributed by atoms with Gasteiger partial charge >= 0.3 is 0 Å². The summed E-state index contributed by atoms with van der Waals surface area (Å²) in [6.45, 7) is 1.36. The highest BCUT2D eigenvalue weighted by Gasteiger charge is 2.27. The number of carbonyl (C=O) groups is 1. The maximum absolute atomic E-state index is 13.1. The maximum Gasteiger partial charge on any atom is 0.229 e. The quantitative estimate of drug-likeness (QED) is 0.581. The Morgan fingerprint density at radius 1 is 1.03 bits per heavy atom. The molecule has 5 nitrogen and oxygen atoms in total. The molecule has 1 saturated heterocycles. The van der Waals surface area contributed by atoms with Crippen LogP contribution in [0, 0.1) is 11.7 Å². The average molecular weight is 445 g/mol. The Bertz CT molecular complexity index is 1040. The minimum absolute atomic E-state index is 0.0611. The van der Waals surface area contributed by atoms with E-state index in [1.165, 1.54) is 12.1 Å². The fourth-order valence-electron chi connectivity index (χ4n) is 3.49. The van der Waals surface area contributed by atoms with Crippen LogP contribution in [0.25, 0.3) is 11.3 Å². The molecule has 1 aliphatic rings. The summed E-state index contributed by atoms with van der Waals surface area (Å²) >= 11 is 12.0. The third-order valence-electron chi connectivity index (χ3n) is 5.09. The van der Waals surface area contributed by atoms with Crippen molar-refractivity contribution in [3.63, 3.8) is 0 Å². The summed E-state index contributed by atoms with van der Waals surface area (Å²) in [5.41, 5.74) is 2.09. The number of nitrogens with one attached hydrogen (secondary N) is 1. The van der Waals surface area contributed by atoms with E-state index in [-0.39, 0.29) is 17.6 Å². The lowest BCUT2D eigenvalue weighted by atomic mass is 9.97. The normalized spacial score (nSPS) is 16.4. The Balaban J connectivity index is 1.42. The van der Waals surface area contributed by atoms with E-state index in [1.54, 1.807) is 30.3 Å². The first-order chi connectivity index (χ1) is 14.5. The van der Waals surface area contributed by atoms with Gasteiger partial charge in [-0.05, 0) is 67.4 Å². The molecule has 8 heteroatoms. The molecule has 1 aromatic heterocycles. The Kier molecular flexibility index (Phi) is 6.16. The van der Waals surface area contributed by atoms with Crippen molar-refractivity contribution in [2.75, 3.05) is 23.3 Å². The van der Waals surface area contributed by atoms with Crippen molar-refractivity contribution in [1.29, 1.82) is 0 Å². The monoisotopic (exact) mass is 444 g/mol. The van der Waals surface area contributed by atoms with E-state index in [1.807, 2.05) is 12.1 Å². The highest BCUT2D eigenvalue weighted by molar-refractivity contribution is 6.42. The van der Waals surface area contributed by atoms with Gasteiger partial charge in [0.15, 0.2) is 5.82 Å². The Labute approximate surface area is 183 Å². The smallest absolute Gasteiger partial charge is 0.229 e. The van der Waals surface area contributed by atoms with Crippen LogP contribution in [0.3, 0.4) is 0 Å². The number of benzene rings is 2. The second-order valence-corrected chi connectivity index (χ2v) is 8.00. The van der Waals surface area contributed by atoms with Gasteiger partial charge in [-0.25, -0.2) is 4.39 Å². The zero-order valence-corrected chi connectivity index (χ0v) is 17.5. The molecule has 0 aliphatic carbocycles. The van der Waals surface area contributed by atoms with Crippen LogP contribution >= 0.6 is 23.2 Å². The van der Waals surface area contributed by atoms with Crippen LogP contribution < -0.4 is 10.2 Å². The summed E-state index contributed by atoms with van der Waals surface area (Å²) in [6.07, 6.45) is 1.67. The van der Waals surface area contributed by atoms with Crippen molar-refractivity contribution < 1.29 is 9.18 Å². The molecule has 1 aliphatic heterocycles. The lowest BCUT2D eigenvalue weighted by Crippen LogP contribution is -2.41. The summed E-state index contributed by atoms with van der Waals surface area (Å²) in [7, 11) is 0. The molecule has 2 aromatic carbocycles. The van der Waals surface area contributed by atoms with Crippen LogP contribution in [0.5, 0.6) is 0 Å². The minimum Gasteiger partial charge on any atom is -0.354 e. The first kappa shape index (κ1) is 20.6. The number of hydrogen-bond donors (Lipinski definition) is 1. The lowest BCUT2D eigenvalue weighted by molar-refractivity contribution is -0.120. The minimum atomic E-state index is -0.290. The molecular formula is C22H19Cl2FN4O. The van der Waals surface area contributed by atoms with Crippen LogP contribution in [0.2, 0.25) is 10.0 Å². The molecule has 1 fully saturated rings. The molecular weight excluding hydrogens is 426 g/mol. The van der Waals surface area contributed by atoms with Crippen LogP contribution in [-0.2, 0) is 4.79 Å². The van der Waals surface area contributed by atoms with Gasteiger partial charge in [-0.3, -0.25) is 4.79 Å². The molecule has 0 spiro atoms. The molecule has 0 bridgehead atoms. The third kappa shape index (κ3) is 4.71. The molecule has 1 atom stereocenters. The van der Waals surface area contributed by atoms with Crippen molar-refractivity contribution >= 4 is 40.6 Å². The zero-order valence-electron chi connectivity index (χ0n) is 16.0. The first-order valence-corrected chi connectivity index (χ1v) is 10.4. The highest BCUT2D eigenvalue weighted by atomic mass is 35.5. The van der Waals surface area contributed by atoms with E-state index in [4.69, 9.17) is 23.2 Å². The number of carbonyl (C=O) groups excluding carboxylic acids is 1. The fourth-order valence-corrected chi connectivity index (χ4v) is 3.78.